The fourth-order valence-corrected chi connectivity index (χ4v) is 2.31. The standard InChI is InChI=1S/C11H12N2O2S/c1-16(14,15)8-10-3-2-4-11(7-10)13-6-5-12-9-13/h2-7,9H,8H2,1H3. The van der Waals surface area contributed by atoms with E-state index in [2.05, 4.69) is 4.98 Å². The maximum Gasteiger partial charge on any atom is 0.151 e. The number of benzene rings is 1. The molecule has 84 valence electrons. The summed E-state index contributed by atoms with van der Waals surface area (Å²) in [5, 5.41) is 0. The van der Waals surface area contributed by atoms with E-state index in [0.717, 1.165) is 11.3 Å². The third kappa shape index (κ3) is 2.70. The molecule has 0 aliphatic carbocycles. The van der Waals surface area contributed by atoms with E-state index < -0.39 is 9.84 Å². The Morgan fingerprint density at radius 2 is 2.19 bits per heavy atom. The van der Waals surface area contributed by atoms with E-state index in [1.165, 1.54) is 6.26 Å². The van der Waals surface area contributed by atoms with Crippen molar-refractivity contribution < 1.29 is 8.42 Å². The van der Waals surface area contributed by atoms with Gasteiger partial charge in [0.15, 0.2) is 9.84 Å². The summed E-state index contributed by atoms with van der Waals surface area (Å²) in [5.41, 5.74) is 1.70. The summed E-state index contributed by atoms with van der Waals surface area (Å²) in [6, 6.07) is 7.41. The number of sulfone groups is 1. The molecule has 2 rings (SSSR count). The lowest BCUT2D eigenvalue weighted by molar-refractivity contribution is 0.601. The number of hydrogen-bond donors (Lipinski definition) is 0. The summed E-state index contributed by atoms with van der Waals surface area (Å²) in [6.07, 6.45) is 6.42. The van der Waals surface area contributed by atoms with Gasteiger partial charge in [-0.1, -0.05) is 12.1 Å². The first kappa shape index (κ1) is 10.9. The van der Waals surface area contributed by atoms with Gasteiger partial charge in [-0.3, -0.25) is 0 Å². The largest absolute Gasteiger partial charge is 0.306 e. The molecule has 0 amide bonds. The van der Waals surface area contributed by atoms with Gasteiger partial charge in [0.1, 0.15) is 0 Å². The van der Waals surface area contributed by atoms with Crippen LogP contribution in [0.2, 0.25) is 0 Å². The third-order valence-corrected chi connectivity index (χ3v) is 3.00. The van der Waals surface area contributed by atoms with E-state index in [1.807, 2.05) is 35.0 Å². The van der Waals surface area contributed by atoms with Crippen molar-refractivity contribution in [1.29, 1.82) is 0 Å². The van der Waals surface area contributed by atoms with Crippen molar-refractivity contribution in [2.75, 3.05) is 6.26 Å². The molecule has 16 heavy (non-hydrogen) atoms. The number of imidazole rings is 1. The molecule has 0 spiro atoms. The van der Waals surface area contributed by atoms with E-state index in [0.29, 0.717) is 0 Å². The highest BCUT2D eigenvalue weighted by Crippen LogP contribution is 2.12. The van der Waals surface area contributed by atoms with Crippen LogP contribution in [0.25, 0.3) is 5.69 Å². The monoisotopic (exact) mass is 236 g/mol. The van der Waals surface area contributed by atoms with Crippen LogP contribution in [0.4, 0.5) is 0 Å². The lowest BCUT2D eigenvalue weighted by atomic mass is 10.2. The van der Waals surface area contributed by atoms with E-state index in [-0.39, 0.29) is 5.75 Å². The molecule has 0 saturated heterocycles. The quantitative estimate of drug-likeness (QED) is 0.809. The molecule has 1 aromatic carbocycles. The Bertz CT molecular complexity index is 574. The minimum atomic E-state index is -2.99. The SMILES string of the molecule is CS(=O)(=O)Cc1cccc(-n2ccnc2)c1. The maximum atomic E-state index is 11.2. The number of hydrogen-bond acceptors (Lipinski definition) is 3. The molecule has 1 heterocycles. The molecule has 0 radical (unpaired) electrons. The van der Waals surface area contributed by atoms with Crippen LogP contribution < -0.4 is 0 Å². The average molecular weight is 236 g/mol. The van der Waals surface area contributed by atoms with Crippen LogP contribution in [0.15, 0.2) is 43.0 Å². The minimum Gasteiger partial charge on any atom is -0.306 e. The van der Waals surface area contributed by atoms with Gasteiger partial charge in [-0.25, -0.2) is 13.4 Å². The van der Waals surface area contributed by atoms with Crippen molar-refractivity contribution in [1.82, 2.24) is 9.55 Å². The van der Waals surface area contributed by atoms with Gasteiger partial charge in [0, 0.05) is 24.3 Å². The molecule has 0 aliphatic heterocycles. The summed E-state index contributed by atoms with van der Waals surface area (Å²) in [5.74, 6) is 0.0650. The third-order valence-electron chi connectivity index (χ3n) is 2.14. The summed E-state index contributed by atoms with van der Waals surface area (Å²) in [4.78, 5) is 3.95. The Labute approximate surface area is 94.5 Å². The molecule has 0 atom stereocenters. The molecule has 1 aromatic heterocycles. The van der Waals surface area contributed by atoms with Crippen LogP contribution in [0.3, 0.4) is 0 Å². The molecular formula is C11H12N2O2S. The van der Waals surface area contributed by atoms with Crippen LogP contribution in [0.1, 0.15) is 5.56 Å². The lowest BCUT2D eigenvalue weighted by Crippen LogP contribution is -2.01. The molecule has 0 unspecified atom stereocenters. The van der Waals surface area contributed by atoms with E-state index in [1.54, 1.807) is 12.5 Å². The van der Waals surface area contributed by atoms with Crippen molar-refractivity contribution in [3.63, 3.8) is 0 Å². The topological polar surface area (TPSA) is 52.0 Å². The van der Waals surface area contributed by atoms with Gasteiger partial charge in [-0.05, 0) is 17.7 Å². The van der Waals surface area contributed by atoms with Crippen molar-refractivity contribution >= 4 is 9.84 Å². The first-order valence-electron chi connectivity index (χ1n) is 4.79. The molecule has 0 N–H and O–H groups in total. The molecule has 0 saturated carbocycles. The highest BCUT2D eigenvalue weighted by Gasteiger charge is 2.05. The summed E-state index contributed by atoms with van der Waals surface area (Å²) >= 11 is 0. The van der Waals surface area contributed by atoms with Crippen LogP contribution in [-0.2, 0) is 15.6 Å². The molecule has 2 aromatic rings. The van der Waals surface area contributed by atoms with Gasteiger partial charge in [0.2, 0.25) is 0 Å². The Kier molecular flexibility index (Phi) is 2.78. The van der Waals surface area contributed by atoms with E-state index in [4.69, 9.17) is 0 Å². The number of nitrogens with zero attached hydrogens (tertiary/aromatic N) is 2. The summed E-state index contributed by atoms with van der Waals surface area (Å²) in [7, 11) is -2.99. The Morgan fingerprint density at radius 1 is 1.38 bits per heavy atom. The first-order valence-corrected chi connectivity index (χ1v) is 6.86. The van der Waals surface area contributed by atoms with Crippen LogP contribution in [-0.4, -0.2) is 24.2 Å². The minimum absolute atomic E-state index is 0.0650. The van der Waals surface area contributed by atoms with Crippen LogP contribution >= 0.6 is 0 Å². The molecule has 5 heteroatoms. The van der Waals surface area contributed by atoms with Gasteiger partial charge >= 0.3 is 0 Å². The van der Waals surface area contributed by atoms with E-state index in [9.17, 15) is 8.42 Å². The second-order valence-electron chi connectivity index (χ2n) is 3.71. The highest BCUT2D eigenvalue weighted by atomic mass is 32.2. The number of rotatable bonds is 3. The molecular weight excluding hydrogens is 224 g/mol. The van der Waals surface area contributed by atoms with Gasteiger partial charge in [-0.2, -0.15) is 0 Å². The molecule has 0 aliphatic rings. The van der Waals surface area contributed by atoms with Crippen molar-refractivity contribution in [3.05, 3.63) is 48.5 Å². The zero-order valence-electron chi connectivity index (χ0n) is 8.87. The predicted molar refractivity (Wildman–Crippen MR) is 62.1 cm³/mol. The first-order chi connectivity index (χ1) is 7.54. The zero-order valence-corrected chi connectivity index (χ0v) is 9.68. The predicted octanol–water partition coefficient (Wildman–Crippen LogP) is 1.42. The number of aromatic nitrogens is 2. The van der Waals surface area contributed by atoms with Gasteiger partial charge in [0.25, 0.3) is 0 Å². The maximum absolute atomic E-state index is 11.2. The van der Waals surface area contributed by atoms with Gasteiger partial charge in [0.05, 0.1) is 12.1 Å². The lowest BCUT2D eigenvalue weighted by Gasteiger charge is -2.04. The van der Waals surface area contributed by atoms with Gasteiger partial charge < -0.3 is 4.57 Å². The fraction of sp³-hybridized carbons (Fsp3) is 0.182. The average Bonchev–Trinajstić information content (AvgIpc) is 2.68. The van der Waals surface area contributed by atoms with Crippen LogP contribution in [0.5, 0.6) is 0 Å². The second kappa shape index (κ2) is 4.09. The fourth-order valence-electron chi connectivity index (χ4n) is 1.52. The van der Waals surface area contributed by atoms with Crippen LogP contribution in [0, 0.1) is 0 Å². The summed E-state index contributed by atoms with van der Waals surface area (Å²) < 4.78 is 24.2. The Balaban J connectivity index is 2.34. The smallest absolute Gasteiger partial charge is 0.151 e. The highest BCUT2D eigenvalue weighted by molar-refractivity contribution is 7.89. The summed E-state index contributed by atoms with van der Waals surface area (Å²) in [6.45, 7) is 0. The normalized spacial score (nSPS) is 11.6. The van der Waals surface area contributed by atoms with Crippen molar-refractivity contribution in [2.45, 2.75) is 5.75 Å². The zero-order chi connectivity index (χ0) is 11.6. The van der Waals surface area contributed by atoms with Crippen molar-refractivity contribution in [3.8, 4) is 5.69 Å². The molecule has 4 nitrogen and oxygen atoms in total. The van der Waals surface area contributed by atoms with Gasteiger partial charge in [-0.15, -0.1) is 0 Å². The molecule has 0 fully saturated rings. The molecule has 0 bridgehead atoms. The Hall–Kier alpha value is -1.62. The second-order valence-corrected chi connectivity index (χ2v) is 5.85. The Morgan fingerprint density at radius 3 is 2.81 bits per heavy atom. The van der Waals surface area contributed by atoms with E-state index >= 15 is 0 Å². The van der Waals surface area contributed by atoms with Crippen molar-refractivity contribution in [2.24, 2.45) is 0 Å².